The van der Waals surface area contributed by atoms with Gasteiger partial charge >= 0.3 is 11.9 Å². The van der Waals surface area contributed by atoms with Crippen LogP contribution in [0.15, 0.2) is 77.5 Å². The standard InChI is InChI=1S/C27H30FN3O2S.C2H2O4/c28-12-19-33-26-6-2-1-5-25(26)31-17-15-30(16-18-31)14-4-3-13-29-27(32)23-9-7-22(8-10-23)24-11-20-34-21-24;3-1(4)2(5)6/h1-11,20-21H,12-19H2,(H,29,32);(H,3,4)(H,5,6)/b4-3+;. The van der Waals surface area contributed by atoms with E-state index in [1.807, 2.05) is 60.0 Å². The summed E-state index contributed by atoms with van der Waals surface area (Å²) >= 11 is 1.66. The van der Waals surface area contributed by atoms with Crippen molar-refractivity contribution in [2.24, 2.45) is 0 Å². The number of para-hydroxylation sites is 2. The monoisotopic (exact) mass is 569 g/mol. The second-order valence-corrected chi connectivity index (χ2v) is 9.45. The molecule has 0 bridgehead atoms. The molecule has 4 rings (SSSR count). The Hall–Kier alpha value is -4.22. The minimum Gasteiger partial charge on any atom is -0.489 e. The molecule has 0 unspecified atom stereocenters. The minimum atomic E-state index is -1.82. The number of amides is 1. The molecule has 1 amide bonds. The largest absolute Gasteiger partial charge is 0.489 e. The van der Waals surface area contributed by atoms with E-state index in [2.05, 4.69) is 32.6 Å². The molecule has 1 fully saturated rings. The summed E-state index contributed by atoms with van der Waals surface area (Å²) in [5.74, 6) is -2.97. The van der Waals surface area contributed by atoms with Gasteiger partial charge in [-0.25, -0.2) is 14.0 Å². The number of carboxylic acids is 2. The maximum atomic E-state index is 12.5. The predicted molar refractivity (Wildman–Crippen MR) is 153 cm³/mol. The van der Waals surface area contributed by atoms with Crippen LogP contribution >= 0.6 is 11.3 Å². The topological polar surface area (TPSA) is 119 Å². The van der Waals surface area contributed by atoms with Gasteiger partial charge in [0.1, 0.15) is 19.0 Å². The summed E-state index contributed by atoms with van der Waals surface area (Å²) in [6.07, 6.45) is 4.11. The van der Waals surface area contributed by atoms with Crippen molar-refractivity contribution in [3.63, 3.8) is 0 Å². The van der Waals surface area contributed by atoms with Gasteiger partial charge in [0.25, 0.3) is 5.91 Å². The van der Waals surface area contributed by atoms with E-state index in [1.54, 1.807) is 11.3 Å². The summed E-state index contributed by atoms with van der Waals surface area (Å²) in [5.41, 5.74) is 3.99. The summed E-state index contributed by atoms with van der Waals surface area (Å²) in [6, 6.07) is 17.6. The number of ether oxygens (including phenoxy) is 1. The number of nitrogens with one attached hydrogen (secondary N) is 1. The first-order chi connectivity index (χ1) is 19.4. The van der Waals surface area contributed by atoms with Crippen LogP contribution in [0.1, 0.15) is 10.4 Å². The van der Waals surface area contributed by atoms with Crippen LogP contribution in [0.25, 0.3) is 11.1 Å². The number of thiophene rings is 1. The van der Waals surface area contributed by atoms with E-state index in [-0.39, 0.29) is 12.5 Å². The van der Waals surface area contributed by atoms with Gasteiger partial charge in [-0.2, -0.15) is 11.3 Å². The van der Waals surface area contributed by atoms with Crippen molar-refractivity contribution in [2.75, 3.05) is 57.4 Å². The molecular weight excluding hydrogens is 537 g/mol. The maximum absolute atomic E-state index is 12.5. The average Bonchev–Trinajstić information content (AvgIpc) is 3.52. The summed E-state index contributed by atoms with van der Waals surface area (Å²) in [4.78, 5) is 35.2. The molecular formula is C29H32FN3O6S. The Labute approximate surface area is 236 Å². The molecule has 212 valence electrons. The van der Waals surface area contributed by atoms with E-state index < -0.39 is 18.6 Å². The third-order valence-electron chi connectivity index (χ3n) is 6.01. The molecule has 40 heavy (non-hydrogen) atoms. The molecule has 1 saturated heterocycles. The van der Waals surface area contributed by atoms with Crippen molar-refractivity contribution in [1.82, 2.24) is 10.2 Å². The van der Waals surface area contributed by atoms with Gasteiger partial charge in [-0.3, -0.25) is 9.69 Å². The van der Waals surface area contributed by atoms with Crippen LogP contribution in [0.3, 0.4) is 0 Å². The molecule has 1 aliphatic heterocycles. The number of hydrogen-bond acceptors (Lipinski definition) is 7. The number of benzene rings is 2. The first kappa shape index (κ1) is 30.3. The number of carbonyl (C=O) groups excluding carboxylic acids is 1. The number of halogens is 1. The summed E-state index contributed by atoms with van der Waals surface area (Å²) in [6.45, 7) is 4.60. The quantitative estimate of drug-likeness (QED) is 0.247. The first-order valence-electron chi connectivity index (χ1n) is 12.7. The number of anilines is 1. The molecule has 0 aliphatic carbocycles. The molecule has 3 aromatic rings. The zero-order chi connectivity index (χ0) is 28.7. The summed E-state index contributed by atoms with van der Waals surface area (Å²) in [5, 5.41) is 21.9. The van der Waals surface area contributed by atoms with E-state index in [0.29, 0.717) is 12.1 Å². The van der Waals surface area contributed by atoms with Gasteiger partial charge in [-0.1, -0.05) is 36.4 Å². The zero-order valence-electron chi connectivity index (χ0n) is 21.9. The van der Waals surface area contributed by atoms with Gasteiger partial charge in [0.05, 0.1) is 5.69 Å². The lowest BCUT2D eigenvalue weighted by Gasteiger charge is -2.36. The Morgan fingerprint density at radius 2 is 1.62 bits per heavy atom. The van der Waals surface area contributed by atoms with E-state index in [1.165, 1.54) is 5.56 Å². The fourth-order valence-electron chi connectivity index (χ4n) is 3.96. The van der Waals surface area contributed by atoms with Crippen molar-refractivity contribution in [3.05, 3.63) is 83.1 Å². The van der Waals surface area contributed by atoms with Gasteiger partial charge in [0.15, 0.2) is 0 Å². The molecule has 2 heterocycles. The van der Waals surface area contributed by atoms with Crippen molar-refractivity contribution in [2.45, 2.75) is 0 Å². The molecule has 11 heteroatoms. The van der Waals surface area contributed by atoms with Gasteiger partial charge < -0.3 is 25.2 Å². The Balaban J connectivity index is 0.000000663. The van der Waals surface area contributed by atoms with Crippen molar-refractivity contribution in [1.29, 1.82) is 0 Å². The van der Waals surface area contributed by atoms with E-state index >= 15 is 0 Å². The molecule has 0 saturated carbocycles. The van der Waals surface area contributed by atoms with Gasteiger partial charge in [-0.15, -0.1) is 0 Å². The van der Waals surface area contributed by atoms with Crippen LogP contribution in [-0.2, 0) is 9.59 Å². The number of rotatable bonds is 10. The lowest BCUT2D eigenvalue weighted by Crippen LogP contribution is -2.46. The lowest BCUT2D eigenvalue weighted by atomic mass is 10.1. The normalized spacial score (nSPS) is 13.4. The number of alkyl halides is 1. The highest BCUT2D eigenvalue weighted by Gasteiger charge is 2.19. The molecule has 2 aromatic carbocycles. The zero-order valence-corrected chi connectivity index (χ0v) is 22.7. The van der Waals surface area contributed by atoms with Crippen LogP contribution in [0.4, 0.5) is 10.1 Å². The molecule has 3 N–H and O–H groups in total. The fourth-order valence-corrected chi connectivity index (χ4v) is 4.63. The highest BCUT2D eigenvalue weighted by molar-refractivity contribution is 7.08. The second kappa shape index (κ2) is 16.0. The summed E-state index contributed by atoms with van der Waals surface area (Å²) in [7, 11) is 0. The SMILES string of the molecule is O=C(NC/C=C/CN1CCN(c2ccccc2OCCF)CC1)c1ccc(-c2ccsc2)cc1.O=C(O)C(=O)O. The minimum absolute atomic E-state index is 0.0659. The predicted octanol–water partition coefficient (Wildman–Crippen LogP) is 4.03. The van der Waals surface area contributed by atoms with Crippen molar-refractivity contribution >= 4 is 34.9 Å². The van der Waals surface area contributed by atoms with Crippen molar-refractivity contribution < 1.29 is 33.7 Å². The Morgan fingerprint density at radius 3 is 2.25 bits per heavy atom. The Morgan fingerprint density at radius 1 is 0.925 bits per heavy atom. The van der Waals surface area contributed by atoms with E-state index in [4.69, 9.17) is 24.5 Å². The van der Waals surface area contributed by atoms with Crippen LogP contribution in [0.2, 0.25) is 0 Å². The maximum Gasteiger partial charge on any atom is 0.414 e. The van der Waals surface area contributed by atoms with E-state index in [9.17, 15) is 9.18 Å². The van der Waals surface area contributed by atoms with Crippen molar-refractivity contribution in [3.8, 4) is 16.9 Å². The number of aliphatic carboxylic acids is 2. The lowest BCUT2D eigenvalue weighted by molar-refractivity contribution is -0.159. The number of piperazine rings is 1. The highest BCUT2D eigenvalue weighted by Crippen LogP contribution is 2.29. The molecule has 1 aliphatic rings. The summed E-state index contributed by atoms with van der Waals surface area (Å²) < 4.78 is 18.1. The molecule has 9 nitrogen and oxygen atoms in total. The van der Waals surface area contributed by atoms with Gasteiger partial charge in [0.2, 0.25) is 0 Å². The fraction of sp³-hybridized carbons (Fsp3) is 0.276. The highest BCUT2D eigenvalue weighted by atomic mass is 32.1. The average molecular weight is 570 g/mol. The third-order valence-corrected chi connectivity index (χ3v) is 6.69. The Kier molecular flexibility index (Phi) is 12.1. The number of hydrogen-bond donors (Lipinski definition) is 3. The van der Waals surface area contributed by atoms with Crippen LogP contribution < -0.4 is 15.0 Å². The second-order valence-electron chi connectivity index (χ2n) is 8.67. The number of carbonyl (C=O) groups is 3. The van der Waals surface area contributed by atoms with Crippen LogP contribution in [-0.4, -0.2) is 85.5 Å². The van der Waals surface area contributed by atoms with Crippen LogP contribution in [0.5, 0.6) is 5.75 Å². The third kappa shape index (κ3) is 9.51. The smallest absolute Gasteiger partial charge is 0.414 e. The van der Waals surface area contributed by atoms with Gasteiger partial charge in [-0.05, 0) is 52.2 Å². The molecule has 0 radical (unpaired) electrons. The molecule has 0 atom stereocenters. The van der Waals surface area contributed by atoms with Crippen LogP contribution in [0, 0.1) is 0 Å². The first-order valence-corrected chi connectivity index (χ1v) is 13.6. The van der Waals surface area contributed by atoms with Gasteiger partial charge in [0, 0.05) is 44.8 Å². The molecule has 0 spiro atoms. The van der Waals surface area contributed by atoms with E-state index in [0.717, 1.165) is 49.7 Å². The molecule has 1 aromatic heterocycles. The number of nitrogens with zero attached hydrogens (tertiary/aromatic N) is 2. The Bertz CT molecular complexity index is 1250. The number of carboxylic acid groups (broad SMARTS) is 2.